The van der Waals surface area contributed by atoms with Crippen molar-refractivity contribution in [1.29, 1.82) is 0 Å². The van der Waals surface area contributed by atoms with Crippen LogP contribution in [0.3, 0.4) is 0 Å². The minimum absolute atomic E-state index is 0.0123. The number of methoxy groups -OCH3 is 1. The number of benzene rings is 2. The summed E-state index contributed by atoms with van der Waals surface area (Å²) in [5, 5.41) is 0. The Morgan fingerprint density at radius 3 is 2.54 bits per heavy atom. The minimum atomic E-state index is -0.523. The number of rotatable bonds is 9. The van der Waals surface area contributed by atoms with Crippen molar-refractivity contribution in [1.82, 2.24) is 19.4 Å². The highest BCUT2D eigenvalue weighted by Gasteiger charge is 2.39. The van der Waals surface area contributed by atoms with Crippen LogP contribution in [0.25, 0.3) is 22.4 Å². The molecule has 0 radical (unpaired) electrons. The van der Waals surface area contributed by atoms with Gasteiger partial charge in [0.1, 0.15) is 5.82 Å². The first-order valence-electron chi connectivity index (χ1n) is 11.7. The first-order chi connectivity index (χ1) is 16.7. The van der Waals surface area contributed by atoms with Gasteiger partial charge in [-0.05, 0) is 76.3 Å². The van der Waals surface area contributed by atoms with Crippen LogP contribution in [-0.2, 0) is 4.79 Å². The molecule has 0 saturated heterocycles. The standard InChI is InChI=1S/C26H32FN5O3/c1-30(2)10-5-11-31(3)26(34)18-12-19(13-18)32-22-14-16(24(28)33)7-9-21(22)29-25(32)17-6-8-20(27)23(15-17)35-4/h6-9,14-15,18-19H,5,10-13H2,1-4H3,(H2,28,33). The predicted octanol–water partition coefficient (Wildman–Crippen LogP) is 3.31. The third-order valence-electron chi connectivity index (χ3n) is 6.69. The maximum atomic E-state index is 14.1. The van der Waals surface area contributed by atoms with Gasteiger partial charge >= 0.3 is 0 Å². The number of ether oxygens (including phenoxy) is 1. The van der Waals surface area contributed by atoms with Gasteiger partial charge < -0.3 is 24.8 Å². The molecule has 8 nitrogen and oxygen atoms in total. The van der Waals surface area contributed by atoms with E-state index in [1.807, 2.05) is 30.6 Å². The largest absolute Gasteiger partial charge is 0.494 e. The van der Waals surface area contributed by atoms with Crippen LogP contribution < -0.4 is 10.5 Å². The molecule has 2 N–H and O–H groups in total. The zero-order chi connectivity index (χ0) is 25.3. The lowest BCUT2D eigenvalue weighted by atomic mass is 9.78. The zero-order valence-electron chi connectivity index (χ0n) is 20.6. The second-order valence-electron chi connectivity index (χ2n) is 9.46. The number of fused-ring (bicyclic) bond motifs is 1. The van der Waals surface area contributed by atoms with Gasteiger partial charge in [0.15, 0.2) is 11.6 Å². The lowest BCUT2D eigenvalue weighted by molar-refractivity contribution is -0.138. The summed E-state index contributed by atoms with van der Waals surface area (Å²) in [5.74, 6) is -0.147. The number of carbonyl (C=O) groups is 2. The summed E-state index contributed by atoms with van der Waals surface area (Å²) in [5.41, 5.74) is 8.05. The maximum absolute atomic E-state index is 14.1. The highest BCUT2D eigenvalue weighted by Crippen LogP contribution is 2.43. The molecular weight excluding hydrogens is 449 g/mol. The van der Waals surface area contributed by atoms with Crippen molar-refractivity contribution in [2.45, 2.75) is 25.3 Å². The summed E-state index contributed by atoms with van der Waals surface area (Å²) in [6.07, 6.45) is 2.24. The van der Waals surface area contributed by atoms with E-state index in [4.69, 9.17) is 15.5 Å². The van der Waals surface area contributed by atoms with Crippen LogP contribution in [0.1, 0.15) is 35.7 Å². The summed E-state index contributed by atoms with van der Waals surface area (Å²) in [6, 6.07) is 9.77. The molecule has 0 spiro atoms. The quantitative estimate of drug-likeness (QED) is 0.506. The van der Waals surface area contributed by atoms with Crippen molar-refractivity contribution in [2.24, 2.45) is 11.7 Å². The normalized spacial score (nSPS) is 17.4. The predicted molar refractivity (Wildman–Crippen MR) is 133 cm³/mol. The van der Waals surface area contributed by atoms with E-state index in [0.717, 1.165) is 25.0 Å². The number of hydrogen-bond acceptors (Lipinski definition) is 5. The van der Waals surface area contributed by atoms with Gasteiger partial charge in [-0.1, -0.05) is 0 Å². The number of nitrogens with two attached hydrogens (primary N) is 1. The monoisotopic (exact) mass is 481 g/mol. The van der Waals surface area contributed by atoms with E-state index in [-0.39, 0.29) is 23.6 Å². The molecule has 3 aromatic rings. The van der Waals surface area contributed by atoms with Gasteiger partial charge in [-0.3, -0.25) is 9.59 Å². The molecule has 35 heavy (non-hydrogen) atoms. The Balaban J connectivity index is 1.64. The first-order valence-corrected chi connectivity index (χ1v) is 11.7. The van der Waals surface area contributed by atoms with E-state index in [1.165, 1.54) is 13.2 Å². The average molecular weight is 482 g/mol. The van der Waals surface area contributed by atoms with Crippen LogP contribution in [0.5, 0.6) is 5.75 Å². The van der Waals surface area contributed by atoms with Crippen LogP contribution in [0.15, 0.2) is 36.4 Å². The lowest BCUT2D eigenvalue weighted by Crippen LogP contribution is -2.41. The van der Waals surface area contributed by atoms with E-state index in [0.29, 0.717) is 35.3 Å². The fourth-order valence-electron chi connectivity index (χ4n) is 4.66. The van der Waals surface area contributed by atoms with Gasteiger partial charge in [-0.15, -0.1) is 0 Å². The van der Waals surface area contributed by atoms with E-state index >= 15 is 0 Å². The van der Waals surface area contributed by atoms with Crippen LogP contribution in [0.4, 0.5) is 4.39 Å². The number of imidazole rings is 1. The fourth-order valence-corrected chi connectivity index (χ4v) is 4.66. The molecule has 0 aliphatic heterocycles. The van der Waals surface area contributed by atoms with Gasteiger partial charge in [-0.2, -0.15) is 0 Å². The Hall–Kier alpha value is -3.46. The van der Waals surface area contributed by atoms with Gasteiger partial charge in [0, 0.05) is 36.7 Å². The van der Waals surface area contributed by atoms with E-state index < -0.39 is 11.7 Å². The average Bonchev–Trinajstić information content (AvgIpc) is 3.16. The lowest BCUT2D eigenvalue weighted by Gasteiger charge is -2.38. The molecule has 2 amide bonds. The van der Waals surface area contributed by atoms with E-state index in [2.05, 4.69) is 4.90 Å². The third kappa shape index (κ3) is 5.00. The van der Waals surface area contributed by atoms with Gasteiger partial charge in [0.2, 0.25) is 11.8 Å². The molecule has 1 aliphatic rings. The summed E-state index contributed by atoms with van der Waals surface area (Å²) in [7, 11) is 7.31. The fraction of sp³-hybridized carbons (Fsp3) is 0.423. The molecule has 1 saturated carbocycles. The summed E-state index contributed by atoms with van der Waals surface area (Å²) in [4.78, 5) is 33.5. The first kappa shape index (κ1) is 24.7. The van der Waals surface area contributed by atoms with Crippen molar-refractivity contribution in [3.63, 3.8) is 0 Å². The molecule has 0 unspecified atom stereocenters. The number of halogens is 1. The molecule has 2 aromatic carbocycles. The molecule has 1 aromatic heterocycles. The summed E-state index contributed by atoms with van der Waals surface area (Å²) < 4.78 is 21.3. The summed E-state index contributed by atoms with van der Waals surface area (Å²) in [6.45, 7) is 1.65. The molecule has 4 rings (SSSR count). The second-order valence-corrected chi connectivity index (χ2v) is 9.46. The molecular formula is C26H32FN5O3. The second kappa shape index (κ2) is 10.0. The molecule has 1 heterocycles. The number of amides is 2. The van der Waals surface area contributed by atoms with Crippen LogP contribution in [0.2, 0.25) is 0 Å². The molecule has 1 aliphatic carbocycles. The van der Waals surface area contributed by atoms with Crippen molar-refractivity contribution in [2.75, 3.05) is 41.3 Å². The minimum Gasteiger partial charge on any atom is -0.494 e. The van der Waals surface area contributed by atoms with Gasteiger partial charge in [0.25, 0.3) is 0 Å². The van der Waals surface area contributed by atoms with Crippen LogP contribution in [0, 0.1) is 11.7 Å². The van der Waals surface area contributed by atoms with Crippen molar-refractivity contribution >= 4 is 22.8 Å². The van der Waals surface area contributed by atoms with Crippen LogP contribution >= 0.6 is 0 Å². The number of hydrogen-bond donors (Lipinski definition) is 1. The molecule has 1 fully saturated rings. The Kier molecular flexibility index (Phi) is 7.07. The highest BCUT2D eigenvalue weighted by molar-refractivity contribution is 5.97. The van der Waals surface area contributed by atoms with Crippen molar-refractivity contribution in [3.8, 4) is 17.1 Å². The molecule has 0 atom stereocenters. The van der Waals surface area contributed by atoms with E-state index in [9.17, 15) is 14.0 Å². The van der Waals surface area contributed by atoms with Gasteiger partial charge in [0.05, 0.1) is 18.1 Å². The number of primary amides is 1. The molecule has 9 heteroatoms. The van der Waals surface area contributed by atoms with Crippen molar-refractivity contribution in [3.05, 3.63) is 47.8 Å². The van der Waals surface area contributed by atoms with E-state index in [1.54, 1.807) is 30.3 Å². The maximum Gasteiger partial charge on any atom is 0.248 e. The van der Waals surface area contributed by atoms with Crippen LogP contribution in [-0.4, -0.2) is 72.5 Å². The Labute approximate surface area is 204 Å². The third-order valence-corrected chi connectivity index (χ3v) is 6.69. The topological polar surface area (TPSA) is 93.7 Å². The highest BCUT2D eigenvalue weighted by atomic mass is 19.1. The van der Waals surface area contributed by atoms with Gasteiger partial charge in [-0.25, -0.2) is 9.37 Å². The molecule has 186 valence electrons. The Morgan fingerprint density at radius 2 is 1.89 bits per heavy atom. The summed E-state index contributed by atoms with van der Waals surface area (Å²) >= 11 is 0. The number of aromatic nitrogens is 2. The number of nitrogens with zero attached hydrogens (tertiary/aromatic N) is 4. The molecule has 0 bridgehead atoms. The zero-order valence-corrected chi connectivity index (χ0v) is 20.6. The Bertz CT molecular complexity index is 1250. The SMILES string of the molecule is COc1cc(-c2nc3ccc(C(N)=O)cc3n2C2CC(C(=O)N(C)CCCN(C)C)C2)ccc1F. The van der Waals surface area contributed by atoms with Crippen molar-refractivity contribution < 1.29 is 18.7 Å². The smallest absolute Gasteiger partial charge is 0.248 e. The Morgan fingerprint density at radius 1 is 1.14 bits per heavy atom. The number of carbonyl (C=O) groups excluding carboxylic acids is 2.